The third-order valence-electron chi connectivity index (χ3n) is 3.98. The van der Waals surface area contributed by atoms with Gasteiger partial charge >= 0.3 is 0 Å². The summed E-state index contributed by atoms with van der Waals surface area (Å²) in [5.74, 6) is 1.09. The highest BCUT2D eigenvalue weighted by Crippen LogP contribution is 2.29. The van der Waals surface area contributed by atoms with Crippen LogP contribution in [0.5, 0.6) is 5.75 Å². The van der Waals surface area contributed by atoms with Crippen molar-refractivity contribution in [2.45, 2.75) is 40.2 Å². The van der Waals surface area contributed by atoms with Gasteiger partial charge in [0.2, 0.25) is 0 Å². The molecule has 0 unspecified atom stereocenters. The van der Waals surface area contributed by atoms with Crippen LogP contribution in [0, 0.1) is 13.8 Å². The predicted molar refractivity (Wildman–Crippen MR) is 94.2 cm³/mol. The molecule has 23 heavy (non-hydrogen) atoms. The molecule has 0 spiro atoms. The molecule has 122 valence electrons. The van der Waals surface area contributed by atoms with E-state index in [4.69, 9.17) is 4.74 Å². The number of ether oxygens (including phenoxy) is 1. The Morgan fingerprint density at radius 1 is 1.17 bits per heavy atom. The van der Waals surface area contributed by atoms with Crippen molar-refractivity contribution in [3.05, 3.63) is 64.2 Å². The summed E-state index contributed by atoms with van der Waals surface area (Å²) in [7, 11) is 1.66. The average molecular weight is 311 g/mol. The van der Waals surface area contributed by atoms with Crippen LogP contribution < -0.4 is 10.1 Å². The fourth-order valence-electron chi connectivity index (χ4n) is 2.67. The second-order valence-electron chi connectivity index (χ2n) is 6.24. The van der Waals surface area contributed by atoms with Gasteiger partial charge in [0, 0.05) is 12.1 Å². The summed E-state index contributed by atoms with van der Waals surface area (Å²) in [6.45, 7) is 8.72. The first kappa shape index (κ1) is 17.1. The van der Waals surface area contributed by atoms with E-state index >= 15 is 0 Å². The number of methoxy groups -OCH3 is 1. The molecule has 0 atom stereocenters. The minimum atomic E-state index is -0.0476. The third-order valence-corrected chi connectivity index (χ3v) is 3.98. The number of benzene rings is 2. The second kappa shape index (κ2) is 7.32. The first-order chi connectivity index (χ1) is 10.9. The van der Waals surface area contributed by atoms with Crippen LogP contribution >= 0.6 is 0 Å². The predicted octanol–water partition coefficient (Wildman–Crippen LogP) is 4.37. The number of hydrogen-bond donors (Lipinski definition) is 1. The van der Waals surface area contributed by atoms with Crippen molar-refractivity contribution in [1.29, 1.82) is 0 Å². The molecule has 0 heterocycles. The van der Waals surface area contributed by atoms with E-state index in [-0.39, 0.29) is 5.91 Å². The van der Waals surface area contributed by atoms with Crippen LogP contribution in [0.25, 0.3) is 0 Å². The van der Waals surface area contributed by atoms with Gasteiger partial charge < -0.3 is 10.1 Å². The number of aryl methyl sites for hydroxylation is 2. The molecule has 0 aliphatic carbocycles. The number of nitrogens with one attached hydrogen (secondary N) is 1. The van der Waals surface area contributed by atoms with Crippen molar-refractivity contribution in [1.82, 2.24) is 5.32 Å². The summed E-state index contributed by atoms with van der Waals surface area (Å²) in [4.78, 5) is 12.5. The maximum Gasteiger partial charge on any atom is 0.251 e. The van der Waals surface area contributed by atoms with E-state index in [1.165, 1.54) is 5.56 Å². The van der Waals surface area contributed by atoms with Gasteiger partial charge in [-0.3, -0.25) is 4.79 Å². The molecule has 1 N–H and O–H groups in total. The molecule has 0 bridgehead atoms. The Balaban J connectivity index is 2.20. The van der Waals surface area contributed by atoms with Crippen LogP contribution in [-0.4, -0.2) is 13.0 Å². The first-order valence-electron chi connectivity index (χ1n) is 7.94. The Morgan fingerprint density at radius 2 is 1.91 bits per heavy atom. The average Bonchev–Trinajstić information content (AvgIpc) is 2.52. The van der Waals surface area contributed by atoms with E-state index in [0.29, 0.717) is 18.0 Å². The summed E-state index contributed by atoms with van der Waals surface area (Å²) in [5, 5.41) is 3.01. The number of carbonyl (C=O) groups is 1. The Morgan fingerprint density at radius 3 is 2.52 bits per heavy atom. The van der Waals surface area contributed by atoms with E-state index in [1.54, 1.807) is 7.11 Å². The summed E-state index contributed by atoms with van der Waals surface area (Å²) in [6, 6.07) is 12.1. The first-order valence-corrected chi connectivity index (χ1v) is 7.94. The van der Waals surface area contributed by atoms with Gasteiger partial charge in [-0.1, -0.05) is 43.7 Å². The van der Waals surface area contributed by atoms with E-state index in [9.17, 15) is 4.79 Å². The lowest BCUT2D eigenvalue weighted by molar-refractivity contribution is 0.0950. The normalized spacial score (nSPS) is 10.7. The van der Waals surface area contributed by atoms with Gasteiger partial charge in [-0.25, -0.2) is 0 Å². The molecule has 0 fully saturated rings. The third kappa shape index (κ3) is 4.13. The molecule has 2 aromatic rings. The zero-order chi connectivity index (χ0) is 17.0. The molecule has 0 aliphatic rings. The highest BCUT2D eigenvalue weighted by Gasteiger charge is 2.15. The molecule has 2 aromatic carbocycles. The van der Waals surface area contributed by atoms with Gasteiger partial charge in [0.15, 0.2) is 0 Å². The SMILES string of the molecule is COc1cc(C)c(C(=O)NCc2cccc(C)c2)cc1C(C)C. The van der Waals surface area contributed by atoms with E-state index in [0.717, 1.165) is 22.4 Å². The molecule has 0 saturated heterocycles. The maximum atomic E-state index is 12.5. The lowest BCUT2D eigenvalue weighted by Crippen LogP contribution is -2.24. The standard InChI is InChI=1S/C20H25NO2/c1-13(2)17-11-18(15(4)10-19(17)23-5)20(22)21-12-16-8-6-7-14(3)9-16/h6-11,13H,12H2,1-5H3,(H,21,22). The zero-order valence-corrected chi connectivity index (χ0v) is 14.6. The summed E-state index contributed by atoms with van der Waals surface area (Å²) >= 11 is 0. The van der Waals surface area contributed by atoms with Crippen molar-refractivity contribution in [3.63, 3.8) is 0 Å². The van der Waals surface area contributed by atoms with E-state index < -0.39 is 0 Å². The zero-order valence-electron chi connectivity index (χ0n) is 14.6. The van der Waals surface area contributed by atoms with Crippen LogP contribution in [0.3, 0.4) is 0 Å². The van der Waals surface area contributed by atoms with Gasteiger partial charge in [0.05, 0.1) is 7.11 Å². The van der Waals surface area contributed by atoms with Crippen LogP contribution in [0.15, 0.2) is 36.4 Å². The van der Waals surface area contributed by atoms with Crippen molar-refractivity contribution < 1.29 is 9.53 Å². The molecule has 0 aliphatic heterocycles. The molecule has 0 saturated carbocycles. The molecule has 2 rings (SSSR count). The fourth-order valence-corrected chi connectivity index (χ4v) is 2.67. The Kier molecular flexibility index (Phi) is 5.43. The van der Waals surface area contributed by atoms with Crippen LogP contribution in [0.4, 0.5) is 0 Å². The van der Waals surface area contributed by atoms with Gasteiger partial charge in [-0.15, -0.1) is 0 Å². The van der Waals surface area contributed by atoms with Crippen molar-refractivity contribution in [2.24, 2.45) is 0 Å². The van der Waals surface area contributed by atoms with Crippen molar-refractivity contribution >= 4 is 5.91 Å². The smallest absolute Gasteiger partial charge is 0.251 e. The molecular weight excluding hydrogens is 286 g/mol. The van der Waals surface area contributed by atoms with Gasteiger partial charge in [-0.2, -0.15) is 0 Å². The van der Waals surface area contributed by atoms with E-state index in [2.05, 4.69) is 25.2 Å². The highest BCUT2D eigenvalue weighted by molar-refractivity contribution is 5.96. The fraction of sp³-hybridized carbons (Fsp3) is 0.350. The Hall–Kier alpha value is -2.29. The Labute approximate surface area is 138 Å². The molecule has 0 aromatic heterocycles. The minimum absolute atomic E-state index is 0.0476. The van der Waals surface area contributed by atoms with Crippen LogP contribution in [-0.2, 0) is 6.54 Å². The molecular formula is C20H25NO2. The molecule has 3 heteroatoms. The van der Waals surface area contributed by atoms with Crippen molar-refractivity contribution in [3.8, 4) is 5.75 Å². The summed E-state index contributed by atoms with van der Waals surface area (Å²) in [5.41, 5.74) is 4.99. The molecule has 3 nitrogen and oxygen atoms in total. The van der Waals surface area contributed by atoms with Gasteiger partial charge in [0.1, 0.15) is 5.75 Å². The summed E-state index contributed by atoms with van der Waals surface area (Å²) in [6.07, 6.45) is 0. The largest absolute Gasteiger partial charge is 0.496 e. The van der Waals surface area contributed by atoms with Crippen LogP contribution in [0.1, 0.15) is 52.4 Å². The Bertz CT molecular complexity index is 705. The molecule has 1 amide bonds. The topological polar surface area (TPSA) is 38.3 Å². The quantitative estimate of drug-likeness (QED) is 0.890. The number of amides is 1. The van der Waals surface area contributed by atoms with Crippen molar-refractivity contribution in [2.75, 3.05) is 7.11 Å². The summed E-state index contributed by atoms with van der Waals surface area (Å²) < 4.78 is 5.43. The number of rotatable bonds is 5. The van der Waals surface area contributed by atoms with Gasteiger partial charge in [-0.05, 0) is 48.6 Å². The second-order valence-corrected chi connectivity index (χ2v) is 6.24. The highest BCUT2D eigenvalue weighted by atomic mass is 16.5. The minimum Gasteiger partial charge on any atom is -0.496 e. The molecule has 0 radical (unpaired) electrons. The maximum absolute atomic E-state index is 12.5. The number of hydrogen-bond acceptors (Lipinski definition) is 2. The lowest BCUT2D eigenvalue weighted by atomic mass is 9.96. The van der Waals surface area contributed by atoms with Crippen LogP contribution in [0.2, 0.25) is 0 Å². The number of carbonyl (C=O) groups excluding carboxylic acids is 1. The lowest BCUT2D eigenvalue weighted by Gasteiger charge is -2.16. The monoisotopic (exact) mass is 311 g/mol. The van der Waals surface area contributed by atoms with Gasteiger partial charge in [0.25, 0.3) is 5.91 Å². The van der Waals surface area contributed by atoms with E-state index in [1.807, 2.05) is 44.2 Å².